The average molecular weight is 331 g/mol. The number of benzene rings is 1. The molecule has 1 unspecified atom stereocenters. The molecule has 1 atom stereocenters. The van der Waals surface area contributed by atoms with Crippen LogP contribution in [0.5, 0.6) is 0 Å². The zero-order chi connectivity index (χ0) is 17.7. The smallest absolute Gasteiger partial charge is 0.326 e. The summed E-state index contributed by atoms with van der Waals surface area (Å²) in [5, 5.41) is 3.02. The minimum Gasteiger partial charge on any atom is -0.349 e. The van der Waals surface area contributed by atoms with Crippen LogP contribution in [0.15, 0.2) is 24.3 Å². The number of imide groups is 1. The number of nitrogens with zero attached hydrogens (tertiary/aromatic N) is 2. The van der Waals surface area contributed by atoms with E-state index in [1.54, 1.807) is 7.05 Å². The fourth-order valence-corrected chi connectivity index (χ4v) is 2.77. The van der Waals surface area contributed by atoms with Gasteiger partial charge in [0.05, 0.1) is 6.04 Å². The Morgan fingerprint density at radius 2 is 1.92 bits per heavy atom. The molecular weight excluding hydrogens is 306 g/mol. The van der Waals surface area contributed by atoms with E-state index in [-0.39, 0.29) is 37.0 Å². The molecule has 6 nitrogen and oxygen atoms in total. The van der Waals surface area contributed by atoms with Gasteiger partial charge in [-0.15, -0.1) is 0 Å². The summed E-state index contributed by atoms with van der Waals surface area (Å²) in [5.74, 6) is -0.260. The van der Waals surface area contributed by atoms with E-state index in [1.165, 1.54) is 15.4 Å². The second-order valence-electron chi connectivity index (χ2n) is 6.23. The van der Waals surface area contributed by atoms with Crippen molar-refractivity contribution in [3.63, 3.8) is 0 Å². The maximum Gasteiger partial charge on any atom is 0.326 e. The van der Waals surface area contributed by atoms with Crippen molar-refractivity contribution in [2.45, 2.75) is 39.2 Å². The van der Waals surface area contributed by atoms with Crippen molar-refractivity contribution in [2.75, 3.05) is 20.1 Å². The molecule has 4 amide bonds. The summed E-state index contributed by atoms with van der Waals surface area (Å²) in [7, 11) is 1.60. The van der Waals surface area contributed by atoms with Crippen molar-refractivity contribution in [1.82, 2.24) is 15.1 Å². The Kier molecular flexibility index (Phi) is 5.95. The van der Waals surface area contributed by atoms with E-state index in [9.17, 15) is 14.4 Å². The Bertz CT molecular complexity index is 612. The zero-order valence-electron chi connectivity index (χ0n) is 14.5. The SMILES string of the molecule is CCC(NC(=O)CCCN1C(=O)CN(C)C1=O)c1ccc(C)cc1. The minimum absolute atomic E-state index is 0.0146. The molecule has 1 fully saturated rings. The highest BCUT2D eigenvalue weighted by Crippen LogP contribution is 2.17. The van der Waals surface area contributed by atoms with Gasteiger partial charge in [-0.25, -0.2) is 4.79 Å². The number of nitrogens with one attached hydrogen (secondary N) is 1. The molecule has 1 N–H and O–H groups in total. The number of aryl methyl sites for hydroxylation is 1. The van der Waals surface area contributed by atoms with E-state index < -0.39 is 0 Å². The third kappa shape index (κ3) is 4.34. The molecule has 1 heterocycles. The summed E-state index contributed by atoms with van der Waals surface area (Å²) in [4.78, 5) is 38.2. The number of hydrogen-bond acceptors (Lipinski definition) is 3. The topological polar surface area (TPSA) is 69.7 Å². The van der Waals surface area contributed by atoms with Crippen LogP contribution in [0, 0.1) is 6.92 Å². The first-order chi connectivity index (χ1) is 11.4. The molecule has 1 saturated heterocycles. The number of hydrogen-bond donors (Lipinski definition) is 1. The van der Waals surface area contributed by atoms with Crippen molar-refractivity contribution in [2.24, 2.45) is 0 Å². The van der Waals surface area contributed by atoms with E-state index in [0.29, 0.717) is 12.8 Å². The second kappa shape index (κ2) is 7.95. The molecule has 0 bridgehead atoms. The molecule has 1 aliphatic heterocycles. The number of amides is 4. The number of carbonyl (C=O) groups is 3. The van der Waals surface area contributed by atoms with Gasteiger partial charge >= 0.3 is 6.03 Å². The third-order valence-electron chi connectivity index (χ3n) is 4.24. The number of rotatable bonds is 7. The molecule has 0 radical (unpaired) electrons. The van der Waals surface area contributed by atoms with Gasteiger partial charge in [-0.1, -0.05) is 36.8 Å². The summed E-state index contributed by atoms with van der Waals surface area (Å²) in [6.45, 7) is 4.47. The number of carbonyl (C=O) groups excluding carboxylic acids is 3. The maximum absolute atomic E-state index is 12.1. The highest BCUT2D eigenvalue weighted by atomic mass is 16.2. The van der Waals surface area contributed by atoms with Crippen molar-refractivity contribution in [1.29, 1.82) is 0 Å². The standard InChI is InChI=1S/C18H25N3O3/c1-4-15(14-9-7-13(2)8-10-14)19-16(22)6-5-11-21-17(23)12-20(3)18(21)24/h7-10,15H,4-6,11-12H2,1-3H3,(H,19,22). The normalized spacial score (nSPS) is 15.8. The zero-order valence-corrected chi connectivity index (χ0v) is 14.5. The molecule has 6 heteroatoms. The molecular formula is C18H25N3O3. The predicted molar refractivity (Wildman–Crippen MR) is 91.3 cm³/mol. The highest BCUT2D eigenvalue weighted by molar-refractivity contribution is 6.01. The summed E-state index contributed by atoms with van der Waals surface area (Å²) >= 11 is 0. The van der Waals surface area contributed by atoms with Crippen LogP contribution in [0.25, 0.3) is 0 Å². The minimum atomic E-state index is -0.286. The molecule has 24 heavy (non-hydrogen) atoms. The molecule has 1 aromatic carbocycles. The number of likely N-dealkylation sites (N-methyl/N-ethyl adjacent to an activating group) is 1. The van der Waals surface area contributed by atoms with Gasteiger partial charge in [0.1, 0.15) is 6.54 Å². The average Bonchev–Trinajstić information content (AvgIpc) is 2.79. The molecule has 1 aliphatic rings. The molecule has 0 saturated carbocycles. The van der Waals surface area contributed by atoms with Crippen LogP contribution in [0.1, 0.15) is 43.4 Å². The van der Waals surface area contributed by atoms with Crippen LogP contribution in [0.4, 0.5) is 4.79 Å². The lowest BCUT2D eigenvalue weighted by Gasteiger charge is -2.18. The fourth-order valence-electron chi connectivity index (χ4n) is 2.77. The van der Waals surface area contributed by atoms with Crippen LogP contribution < -0.4 is 5.32 Å². The first-order valence-corrected chi connectivity index (χ1v) is 8.33. The monoisotopic (exact) mass is 331 g/mol. The van der Waals surface area contributed by atoms with Crippen molar-refractivity contribution >= 4 is 17.8 Å². The summed E-state index contributed by atoms with van der Waals surface area (Å²) < 4.78 is 0. The quantitative estimate of drug-likeness (QED) is 0.779. The van der Waals surface area contributed by atoms with E-state index in [1.807, 2.05) is 38.1 Å². The Balaban J connectivity index is 1.81. The van der Waals surface area contributed by atoms with E-state index in [4.69, 9.17) is 0 Å². The van der Waals surface area contributed by atoms with Gasteiger partial charge in [0.2, 0.25) is 11.8 Å². The number of urea groups is 1. The van der Waals surface area contributed by atoms with Gasteiger partial charge in [-0.2, -0.15) is 0 Å². The Labute approximate surface area is 142 Å². The first kappa shape index (κ1) is 18.0. The van der Waals surface area contributed by atoms with Crippen LogP contribution in [0.2, 0.25) is 0 Å². The van der Waals surface area contributed by atoms with E-state index in [2.05, 4.69) is 5.32 Å². The maximum atomic E-state index is 12.1. The molecule has 0 aromatic heterocycles. The summed E-state index contributed by atoms with van der Waals surface area (Å²) in [6, 6.07) is 7.82. The Morgan fingerprint density at radius 3 is 2.46 bits per heavy atom. The lowest BCUT2D eigenvalue weighted by Crippen LogP contribution is -2.34. The van der Waals surface area contributed by atoms with Gasteiger partial charge in [0, 0.05) is 20.0 Å². The van der Waals surface area contributed by atoms with Gasteiger partial charge in [-0.05, 0) is 25.3 Å². The van der Waals surface area contributed by atoms with Crippen molar-refractivity contribution in [3.05, 3.63) is 35.4 Å². The molecule has 1 aromatic rings. The van der Waals surface area contributed by atoms with Crippen molar-refractivity contribution in [3.8, 4) is 0 Å². The van der Waals surface area contributed by atoms with Crippen LogP contribution in [-0.2, 0) is 9.59 Å². The van der Waals surface area contributed by atoms with Crippen molar-refractivity contribution < 1.29 is 14.4 Å². The molecule has 130 valence electrons. The lowest BCUT2D eigenvalue weighted by molar-refractivity contribution is -0.126. The van der Waals surface area contributed by atoms with Gasteiger partial charge in [-0.3, -0.25) is 14.5 Å². The first-order valence-electron chi connectivity index (χ1n) is 8.33. The Morgan fingerprint density at radius 1 is 1.25 bits per heavy atom. The predicted octanol–water partition coefficient (Wildman–Crippen LogP) is 2.24. The molecule has 0 aliphatic carbocycles. The third-order valence-corrected chi connectivity index (χ3v) is 4.24. The van der Waals surface area contributed by atoms with Gasteiger partial charge in [0.15, 0.2) is 0 Å². The largest absolute Gasteiger partial charge is 0.349 e. The van der Waals surface area contributed by atoms with Gasteiger partial charge < -0.3 is 10.2 Å². The van der Waals surface area contributed by atoms with Crippen LogP contribution in [0.3, 0.4) is 0 Å². The van der Waals surface area contributed by atoms with E-state index >= 15 is 0 Å². The second-order valence-corrected chi connectivity index (χ2v) is 6.23. The lowest BCUT2D eigenvalue weighted by atomic mass is 10.0. The summed E-state index contributed by atoms with van der Waals surface area (Å²) in [5.41, 5.74) is 2.27. The highest BCUT2D eigenvalue weighted by Gasteiger charge is 2.32. The molecule has 2 rings (SSSR count). The fraction of sp³-hybridized carbons (Fsp3) is 0.500. The Hall–Kier alpha value is -2.37. The summed E-state index contributed by atoms with van der Waals surface area (Å²) in [6.07, 6.45) is 1.58. The molecule has 0 spiro atoms. The van der Waals surface area contributed by atoms with Crippen LogP contribution >= 0.6 is 0 Å². The van der Waals surface area contributed by atoms with E-state index in [0.717, 1.165) is 12.0 Å². The van der Waals surface area contributed by atoms with Crippen LogP contribution in [-0.4, -0.2) is 47.8 Å². The van der Waals surface area contributed by atoms with Gasteiger partial charge in [0.25, 0.3) is 0 Å².